The lowest BCUT2D eigenvalue weighted by molar-refractivity contribution is 0.00712. The van der Waals surface area contributed by atoms with Crippen molar-refractivity contribution in [2.45, 2.75) is 25.9 Å². The van der Waals surface area contributed by atoms with Crippen LogP contribution in [0, 0.1) is 6.92 Å². The van der Waals surface area contributed by atoms with E-state index in [1.165, 1.54) is 0 Å². The minimum atomic E-state index is 0.147. The maximum Gasteiger partial charge on any atom is 0.140 e. The van der Waals surface area contributed by atoms with Gasteiger partial charge >= 0.3 is 0 Å². The van der Waals surface area contributed by atoms with Gasteiger partial charge in [0.25, 0.3) is 0 Å². The van der Waals surface area contributed by atoms with E-state index in [1.54, 1.807) is 0 Å². The maximum absolute atomic E-state index is 5.98. The van der Waals surface area contributed by atoms with Gasteiger partial charge in [-0.15, -0.1) is 0 Å². The van der Waals surface area contributed by atoms with Crippen LogP contribution < -0.4 is 4.74 Å². The summed E-state index contributed by atoms with van der Waals surface area (Å²) in [5.74, 6) is 0.837. The number of hydrogen-bond donors (Lipinski definition) is 0. The van der Waals surface area contributed by atoms with Gasteiger partial charge in [-0.25, -0.2) is 4.98 Å². The summed E-state index contributed by atoms with van der Waals surface area (Å²) < 4.78 is 14.3. The molecule has 1 atom stereocenters. The summed E-state index contributed by atoms with van der Waals surface area (Å²) in [4.78, 5) is 4.44. The van der Waals surface area contributed by atoms with Crippen LogP contribution in [-0.4, -0.2) is 28.7 Å². The summed E-state index contributed by atoms with van der Waals surface area (Å²) >= 11 is 3.54. The van der Waals surface area contributed by atoms with E-state index < -0.39 is 0 Å². The van der Waals surface area contributed by atoms with Crippen molar-refractivity contribution in [2.24, 2.45) is 0 Å². The number of aromatic nitrogens is 2. The molecule has 18 heavy (non-hydrogen) atoms. The smallest absolute Gasteiger partial charge is 0.140 e. The summed E-state index contributed by atoms with van der Waals surface area (Å²) in [6.45, 7) is 3.50. The van der Waals surface area contributed by atoms with Crippen molar-refractivity contribution >= 4 is 21.6 Å². The number of imidazole rings is 1. The Hall–Kier alpha value is -1.07. The molecule has 1 fully saturated rings. The van der Waals surface area contributed by atoms with E-state index >= 15 is 0 Å². The van der Waals surface area contributed by atoms with Crippen LogP contribution in [0.1, 0.15) is 18.5 Å². The van der Waals surface area contributed by atoms with Crippen LogP contribution in [0.15, 0.2) is 22.9 Å². The molecule has 0 radical (unpaired) electrons. The second-order valence-corrected chi connectivity index (χ2v) is 5.44. The zero-order valence-electron chi connectivity index (χ0n) is 10.2. The first-order chi connectivity index (χ1) is 8.72. The molecule has 1 saturated heterocycles. The van der Waals surface area contributed by atoms with E-state index in [2.05, 4.69) is 20.9 Å². The highest BCUT2D eigenvalue weighted by Crippen LogP contribution is 2.28. The SMILES string of the molecule is Cc1cn2cc(Br)c(OC3CCCOC3)cc2n1. The maximum atomic E-state index is 5.98. The van der Waals surface area contributed by atoms with E-state index in [0.717, 1.165) is 41.0 Å². The average Bonchev–Trinajstić information content (AvgIpc) is 2.70. The largest absolute Gasteiger partial charge is 0.487 e. The molecule has 0 aromatic carbocycles. The molecule has 2 aromatic heterocycles. The third kappa shape index (κ3) is 2.37. The normalized spacial score (nSPS) is 20.2. The van der Waals surface area contributed by atoms with Gasteiger partial charge in [-0.05, 0) is 35.7 Å². The molecule has 1 aliphatic rings. The number of halogens is 1. The third-order valence-corrected chi connectivity index (χ3v) is 3.64. The van der Waals surface area contributed by atoms with E-state index in [1.807, 2.05) is 29.8 Å². The highest BCUT2D eigenvalue weighted by atomic mass is 79.9. The molecule has 4 nitrogen and oxygen atoms in total. The fourth-order valence-electron chi connectivity index (χ4n) is 2.19. The highest BCUT2D eigenvalue weighted by Gasteiger charge is 2.17. The number of fused-ring (bicyclic) bond motifs is 1. The second kappa shape index (κ2) is 4.90. The Morgan fingerprint density at radius 2 is 2.39 bits per heavy atom. The fourth-order valence-corrected chi connectivity index (χ4v) is 2.62. The van der Waals surface area contributed by atoms with Gasteiger partial charge in [0.15, 0.2) is 0 Å². The van der Waals surface area contributed by atoms with Crippen molar-refractivity contribution in [1.29, 1.82) is 0 Å². The molecule has 1 aliphatic heterocycles. The van der Waals surface area contributed by atoms with E-state index in [0.29, 0.717) is 6.61 Å². The molecule has 0 bridgehead atoms. The van der Waals surface area contributed by atoms with E-state index in [9.17, 15) is 0 Å². The minimum absolute atomic E-state index is 0.147. The van der Waals surface area contributed by atoms with Crippen molar-refractivity contribution in [2.75, 3.05) is 13.2 Å². The predicted octanol–water partition coefficient (Wildman–Crippen LogP) is 2.96. The van der Waals surface area contributed by atoms with Crippen molar-refractivity contribution in [3.05, 3.63) is 28.6 Å². The Labute approximate surface area is 114 Å². The number of ether oxygens (including phenoxy) is 2. The number of hydrogen-bond acceptors (Lipinski definition) is 3. The molecule has 0 aliphatic carbocycles. The molecule has 1 unspecified atom stereocenters. The van der Waals surface area contributed by atoms with Crippen LogP contribution in [0.3, 0.4) is 0 Å². The first-order valence-corrected chi connectivity index (χ1v) is 6.91. The molecular weight excluding hydrogens is 296 g/mol. The standard InChI is InChI=1S/C13H15BrN2O2/c1-9-6-16-7-11(14)12(5-13(16)15-9)18-10-3-2-4-17-8-10/h5-7,10H,2-4,8H2,1H3. The van der Waals surface area contributed by atoms with Gasteiger partial charge in [0.2, 0.25) is 0 Å². The molecule has 0 saturated carbocycles. The summed E-state index contributed by atoms with van der Waals surface area (Å²) in [6, 6.07) is 1.96. The van der Waals surface area contributed by atoms with Crippen LogP contribution in [0.4, 0.5) is 0 Å². The third-order valence-electron chi connectivity index (χ3n) is 3.04. The Kier molecular flexibility index (Phi) is 3.26. The first-order valence-electron chi connectivity index (χ1n) is 6.11. The highest BCUT2D eigenvalue weighted by molar-refractivity contribution is 9.10. The molecule has 2 aromatic rings. The summed E-state index contributed by atoms with van der Waals surface area (Å²) in [5, 5.41) is 0. The van der Waals surface area contributed by atoms with Gasteiger partial charge in [-0.2, -0.15) is 0 Å². The molecule has 3 heterocycles. The Morgan fingerprint density at radius 1 is 1.50 bits per heavy atom. The number of nitrogens with zero attached hydrogens (tertiary/aromatic N) is 2. The van der Waals surface area contributed by atoms with Gasteiger partial charge in [-0.3, -0.25) is 0 Å². The molecule has 0 amide bonds. The predicted molar refractivity (Wildman–Crippen MR) is 72.1 cm³/mol. The number of rotatable bonds is 2. The lowest BCUT2D eigenvalue weighted by Gasteiger charge is -2.23. The molecule has 3 rings (SSSR count). The van der Waals surface area contributed by atoms with E-state index in [4.69, 9.17) is 9.47 Å². The van der Waals surface area contributed by atoms with Crippen LogP contribution in [0.5, 0.6) is 5.75 Å². The zero-order chi connectivity index (χ0) is 12.5. The van der Waals surface area contributed by atoms with Crippen LogP contribution >= 0.6 is 15.9 Å². The lowest BCUT2D eigenvalue weighted by atomic mass is 10.2. The van der Waals surface area contributed by atoms with Crippen molar-refractivity contribution < 1.29 is 9.47 Å². The molecule has 96 valence electrons. The van der Waals surface area contributed by atoms with Crippen molar-refractivity contribution in [1.82, 2.24) is 9.38 Å². The quantitative estimate of drug-likeness (QED) is 0.855. The summed E-state index contributed by atoms with van der Waals surface area (Å²) in [5.41, 5.74) is 1.91. The van der Waals surface area contributed by atoms with Gasteiger partial charge < -0.3 is 13.9 Å². The number of pyridine rings is 1. The Morgan fingerprint density at radius 3 is 3.17 bits per heavy atom. The van der Waals surface area contributed by atoms with Crippen LogP contribution in [0.25, 0.3) is 5.65 Å². The summed E-state index contributed by atoms with van der Waals surface area (Å²) in [6.07, 6.45) is 6.23. The topological polar surface area (TPSA) is 35.8 Å². The van der Waals surface area contributed by atoms with E-state index in [-0.39, 0.29) is 6.10 Å². The van der Waals surface area contributed by atoms with Gasteiger partial charge in [0.05, 0.1) is 16.8 Å². The Balaban J connectivity index is 1.88. The fraction of sp³-hybridized carbons (Fsp3) is 0.462. The average molecular weight is 311 g/mol. The minimum Gasteiger partial charge on any atom is -0.487 e. The summed E-state index contributed by atoms with van der Waals surface area (Å²) in [7, 11) is 0. The lowest BCUT2D eigenvalue weighted by Crippen LogP contribution is -2.28. The van der Waals surface area contributed by atoms with Crippen LogP contribution in [0.2, 0.25) is 0 Å². The van der Waals surface area contributed by atoms with Crippen molar-refractivity contribution in [3.8, 4) is 5.75 Å². The second-order valence-electron chi connectivity index (χ2n) is 4.59. The molecular formula is C13H15BrN2O2. The molecule has 0 spiro atoms. The monoisotopic (exact) mass is 310 g/mol. The molecule has 0 N–H and O–H groups in total. The zero-order valence-corrected chi connectivity index (χ0v) is 11.8. The van der Waals surface area contributed by atoms with Crippen LogP contribution in [-0.2, 0) is 4.74 Å². The van der Waals surface area contributed by atoms with Gasteiger partial charge in [0.1, 0.15) is 17.5 Å². The first kappa shape index (κ1) is 12.0. The Bertz CT molecular complexity index is 561. The van der Waals surface area contributed by atoms with Crippen molar-refractivity contribution in [3.63, 3.8) is 0 Å². The van der Waals surface area contributed by atoms with Gasteiger partial charge in [-0.1, -0.05) is 0 Å². The number of aryl methyl sites for hydroxylation is 1. The van der Waals surface area contributed by atoms with Gasteiger partial charge in [0, 0.05) is 25.1 Å². The molecule has 5 heteroatoms.